The lowest BCUT2D eigenvalue weighted by atomic mass is 9.88. The first-order valence-electron chi connectivity index (χ1n) is 4.47. The second-order valence-corrected chi connectivity index (χ2v) is 4.21. The van der Waals surface area contributed by atoms with Gasteiger partial charge in [0.1, 0.15) is 0 Å². The van der Waals surface area contributed by atoms with Crippen LogP contribution in [0.2, 0.25) is 0 Å². The molecule has 12 heavy (non-hydrogen) atoms. The first-order chi connectivity index (χ1) is 5.49. The van der Waals surface area contributed by atoms with Crippen LogP contribution in [0, 0.1) is 5.92 Å². The van der Waals surface area contributed by atoms with Crippen LogP contribution in [0.5, 0.6) is 0 Å². The number of aliphatic hydroxyl groups excluding tert-OH is 1. The van der Waals surface area contributed by atoms with Gasteiger partial charge in [-0.1, -0.05) is 0 Å². The third kappa shape index (κ3) is 3.09. The van der Waals surface area contributed by atoms with Crippen molar-refractivity contribution >= 4 is 0 Å². The molecule has 0 spiro atoms. The van der Waals surface area contributed by atoms with Crippen LogP contribution >= 0.6 is 0 Å². The smallest absolute Gasteiger partial charge is 0.0613 e. The lowest BCUT2D eigenvalue weighted by molar-refractivity contribution is -0.0665. The Morgan fingerprint density at radius 2 is 2.17 bits per heavy atom. The predicted octanol–water partition coefficient (Wildman–Crippen LogP) is 0.545. The van der Waals surface area contributed by atoms with E-state index in [2.05, 4.69) is 0 Å². The van der Waals surface area contributed by atoms with Gasteiger partial charge in [-0.3, -0.25) is 0 Å². The van der Waals surface area contributed by atoms with Gasteiger partial charge in [0.15, 0.2) is 0 Å². The summed E-state index contributed by atoms with van der Waals surface area (Å²) < 4.78 is 5.23. The fourth-order valence-corrected chi connectivity index (χ4v) is 1.62. The van der Waals surface area contributed by atoms with Gasteiger partial charge in [-0.05, 0) is 26.7 Å². The standard InChI is InChI=1S/C9H18O3/c1-9(2,11)5-7-6-12-4-3-8(7)10/h7-8,10-11H,3-6H2,1-2H3. The van der Waals surface area contributed by atoms with Crippen molar-refractivity contribution in [3.8, 4) is 0 Å². The van der Waals surface area contributed by atoms with E-state index in [1.165, 1.54) is 0 Å². The topological polar surface area (TPSA) is 49.7 Å². The fraction of sp³-hybridized carbons (Fsp3) is 1.00. The van der Waals surface area contributed by atoms with Crippen molar-refractivity contribution < 1.29 is 14.9 Å². The zero-order chi connectivity index (χ0) is 9.19. The summed E-state index contributed by atoms with van der Waals surface area (Å²) in [6, 6.07) is 0. The summed E-state index contributed by atoms with van der Waals surface area (Å²) >= 11 is 0. The summed E-state index contributed by atoms with van der Waals surface area (Å²) in [6.07, 6.45) is 1.000. The van der Waals surface area contributed by atoms with Crippen LogP contribution in [0.4, 0.5) is 0 Å². The molecule has 3 nitrogen and oxygen atoms in total. The number of hydrogen-bond donors (Lipinski definition) is 2. The predicted molar refractivity (Wildman–Crippen MR) is 45.8 cm³/mol. The highest BCUT2D eigenvalue weighted by Crippen LogP contribution is 2.24. The van der Waals surface area contributed by atoms with E-state index in [4.69, 9.17) is 4.74 Å². The summed E-state index contributed by atoms with van der Waals surface area (Å²) in [4.78, 5) is 0. The van der Waals surface area contributed by atoms with Crippen LogP contribution in [0.25, 0.3) is 0 Å². The third-order valence-electron chi connectivity index (χ3n) is 2.20. The van der Waals surface area contributed by atoms with Gasteiger partial charge >= 0.3 is 0 Å². The molecular weight excluding hydrogens is 156 g/mol. The molecule has 2 N–H and O–H groups in total. The summed E-state index contributed by atoms with van der Waals surface area (Å²) in [6.45, 7) is 4.73. The van der Waals surface area contributed by atoms with Crippen molar-refractivity contribution in [2.24, 2.45) is 5.92 Å². The molecule has 1 rings (SSSR count). The molecule has 0 aromatic heterocycles. The Hall–Kier alpha value is -0.120. The summed E-state index contributed by atoms with van der Waals surface area (Å²) in [5.41, 5.74) is -0.702. The first kappa shape index (κ1) is 9.96. The minimum Gasteiger partial charge on any atom is -0.393 e. The molecular formula is C9H18O3. The molecule has 0 saturated carbocycles. The lowest BCUT2D eigenvalue weighted by Crippen LogP contribution is -2.37. The van der Waals surface area contributed by atoms with E-state index < -0.39 is 5.60 Å². The maximum atomic E-state index is 9.54. The van der Waals surface area contributed by atoms with Gasteiger partial charge in [0.05, 0.1) is 18.3 Å². The normalized spacial score (nSPS) is 32.0. The summed E-state index contributed by atoms with van der Waals surface area (Å²) in [5, 5.41) is 19.1. The Morgan fingerprint density at radius 1 is 1.50 bits per heavy atom. The molecule has 1 aliphatic heterocycles. The number of ether oxygens (including phenoxy) is 1. The third-order valence-corrected chi connectivity index (χ3v) is 2.20. The van der Waals surface area contributed by atoms with E-state index in [0.717, 1.165) is 0 Å². The zero-order valence-corrected chi connectivity index (χ0v) is 7.79. The van der Waals surface area contributed by atoms with Gasteiger partial charge in [0.25, 0.3) is 0 Å². The highest BCUT2D eigenvalue weighted by molar-refractivity contribution is 4.79. The van der Waals surface area contributed by atoms with Gasteiger partial charge in [-0.2, -0.15) is 0 Å². The largest absolute Gasteiger partial charge is 0.393 e. The molecule has 1 heterocycles. The Bertz CT molecular complexity index is 139. The second kappa shape index (κ2) is 3.73. The average molecular weight is 174 g/mol. The van der Waals surface area contributed by atoms with Crippen LogP contribution < -0.4 is 0 Å². The lowest BCUT2D eigenvalue weighted by Gasteiger charge is -2.31. The van der Waals surface area contributed by atoms with E-state index in [1.54, 1.807) is 13.8 Å². The Balaban J connectivity index is 2.39. The van der Waals surface area contributed by atoms with E-state index in [-0.39, 0.29) is 12.0 Å². The van der Waals surface area contributed by atoms with E-state index >= 15 is 0 Å². The van der Waals surface area contributed by atoms with Crippen LogP contribution in [0.15, 0.2) is 0 Å². The Morgan fingerprint density at radius 3 is 2.67 bits per heavy atom. The molecule has 1 saturated heterocycles. The fourth-order valence-electron chi connectivity index (χ4n) is 1.62. The SMILES string of the molecule is CC(C)(O)CC1COCCC1O. The maximum Gasteiger partial charge on any atom is 0.0613 e. The minimum absolute atomic E-state index is 0.0961. The number of aliphatic hydroxyl groups is 2. The molecule has 0 radical (unpaired) electrons. The Kier molecular flexibility index (Phi) is 3.09. The van der Waals surface area contributed by atoms with Crippen molar-refractivity contribution in [2.75, 3.05) is 13.2 Å². The van der Waals surface area contributed by atoms with E-state index in [0.29, 0.717) is 26.1 Å². The van der Waals surface area contributed by atoms with Crippen molar-refractivity contribution in [1.29, 1.82) is 0 Å². The summed E-state index contributed by atoms with van der Waals surface area (Å²) in [7, 11) is 0. The van der Waals surface area contributed by atoms with Gasteiger partial charge in [-0.15, -0.1) is 0 Å². The van der Waals surface area contributed by atoms with Crippen LogP contribution in [-0.4, -0.2) is 35.1 Å². The van der Waals surface area contributed by atoms with Gasteiger partial charge in [-0.25, -0.2) is 0 Å². The van der Waals surface area contributed by atoms with Crippen molar-refractivity contribution in [1.82, 2.24) is 0 Å². The molecule has 0 amide bonds. The van der Waals surface area contributed by atoms with Crippen molar-refractivity contribution in [2.45, 2.75) is 38.4 Å². The van der Waals surface area contributed by atoms with Crippen LogP contribution in [-0.2, 0) is 4.74 Å². The van der Waals surface area contributed by atoms with Gasteiger partial charge in [0, 0.05) is 12.5 Å². The quantitative estimate of drug-likeness (QED) is 0.642. The van der Waals surface area contributed by atoms with Crippen LogP contribution in [0.1, 0.15) is 26.7 Å². The second-order valence-electron chi connectivity index (χ2n) is 4.21. The highest BCUT2D eigenvalue weighted by Gasteiger charge is 2.28. The first-order valence-corrected chi connectivity index (χ1v) is 4.47. The molecule has 3 heteroatoms. The molecule has 72 valence electrons. The van der Waals surface area contributed by atoms with Crippen molar-refractivity contribution in [3.63, 3.8) is 0 Å². The molecule has 0 aliphatic carbocycles. The maximum absolute atomic E-state index is 9.54. The zero-order valence-electron chi connectivity index (χ0n) is 7.79. The number of rotatable bonds is 2. The Labute approximate surface area is 73.4 Å². The molecule has 2 unspecified atom stereocenters. The highest BCUT2D eigenvalue weighted by atomic mass is 16.5. The molecule has 0 aromatic carbocycles. The van der Waals surface area contributed by atoms with E-state index in [1.807, 2.05) is 0 Å². The molecule has 2 atom stereocenters. The van der Waals surface area contributed by atoms with Gasteiger partial charge < -0.3 is 14.9 Å². The minimum atomic E-state index is -0.702. The number of hydrogen-bond acceptors (Lipinski definition) is 3. The molecule has 0 bridgehead atoms. The summed E-state index contributed by atoms with van der Waals surface area (Å²) in [5.74, 6) is 0.0961. The molecule has 1 aliphatic rings. The molecule has 0 aromatic rings. The van der Waals surface area contributed by atoms with Crippen molar-refractivity contribution in [3.05, 3.63) is 0 Å². The van der Waals surface area contributed by atoms with Gasteiger partial charge in [0.2, 0.25) is 0 Å². The van der Waals surface area contributed by atoms with Crippen LogP contribution in [0.3, 0.4) is 0 Å². The van der Waals surface area contributed by atoms with E-state index in [9.17, 15) is 10.2 Å². The average Bonchev–Trinajstić information content (AvgIpc) is 1.91. The molecule has 1 fully saturated rings. The monoisotopic (exact) mass is 174 g/mol.